The molecule has 0 aromatic heterocycles. The zero-order valence-electron chi connectivity index (χ0n) is 9.69. The summed E-state index contributed by atoms with van der Waals surface area (Å²) < 4.78 is 0. The lowest BCUT2D eigenvalue weighted by Gasteiger charge is -2.19. The summed E-state index contributed by atoms with van der Waals surface area (Å²) in [7, 11) is 0. The summed E-state index contributed by atoms with van der Waals surface area (Å²) in [5, 5.41) is 0. The van der Waals surface area contributed by atoms with Gasteiger partial charge in [0.15, 0.2) is 0 Å². The molecule has 3 amide bonds. The molecular formula is C11H15ClN2O3. The molecule has 0 radical (unpaired) electrons. The summed E-state index contributed by atoms with van der Waals surface area (Å²) in [6.07, 6.45) is 0.265. The number of rotatable bonds is 3. The number of imide groups is 1. The summed E-state index contributed by atoms with van der Waals surface area (Å²) in [6.45, 7) is 2.93. The lowest BCUT2D eigenvalue weighted by molar-refractivity contribution is -0.140. The van der Waals surface area contributed by atoms with Gasteiger partial charge in [-0.05, 0) is 6.92 Å². The summed E-state index contributed by atoms with van der Waals surface area (Å²) in [6, 6.07) is 0. The van der Waals surface area contributed by atoms with E-state index in [1.165, 1.54) is 4.90 Å². The number of carbonyl (C=O) groups is 3. The molecule has 0 aliphatic carbocycles. The SMILES string of the molecule is CCN1C(=O)[C@@H]2CN(C(=O)CCCl)C[C@H]2C1=O. The van der Waals surface area contributed by atoms with Crippen LogP contribution in [0.4, 0.5) is 0 Å². The third-order valence-electron chi connectivity index (χ3n) is 3.46. The quantitative estimate of drug-likeness (QED) is 0.532. The Balaban J connectivity index is 2.07. The van der Waals surface area contributed by atoms with Gasteiger partial charge in [-0.2, -0.15) is 0 Å². The molecule has 0 aromatic rings. The van der Waals surface area contributed by atoms with E-state index in [2.05, 4.69) is 0 Å². The zero-order valence-corrected chi connectivity index (χ0v) is 10.4. The average Bonchev–Trinajstić information content (AvgIpc) is 2.81. The summed E-state index contributed by atoms with van der Waals surface area (Å²) in [5.74, 6) is -0.734. The third kappa shape index (κ3) is 1.92. The van der Waals surface area contributed by atoms with Crippen LogP contribution in [0, 0.1) is 11.8 Å². The van der Waals surface area contributed by atoms with Gasteiger partial charge in [-0.1, -0.05) is 0 Å². The first-order chi connectivity index (χ1) is 8.10. The second-order valence-electron chi connectivity index (χ2n) is 4.37. The summed E-state index contributed by atoms with van der Waals surface area (Å²) >= 11 is 5.51. The van der Waals surface area contributed by atoms with Crippen molar-refractivity contribution in [2.24, 2.45) is 11.8 Å². The van der Waals surface area contributed by atoms with Crippen molar-refractivity contribution in [1.82, 2.24) is 9.80 Å². The first-order valence-corrected chi connectivity index (χ1v) is 6.32. The summed E-state index contributed by atoms with van der Waals surface area (Å²) in [5.41, 5.74) is 0. The van der Waals surface area contributed by atoms with Crippen LogP contribution in [0.2, 0.25) is 0 Å². The number of hydrogen-bond donors (Lipinski definition) is 0. The molecule has 2 rings (SSSR count). The molecule has 2 aliphatic heterocycles. The van der Waals surface area contributed by atoms with E-state index in [1.54, 1.807) is 11.8 Å². The fourth-order valence-corrected chi connectivity index (χ4v) is 2.73. The van der Waals surface area contributed by atoms with Gasteiger partial charge >= 0.3 is 0 Å². The van der Waals surface area contributed by atoms with E-state index in [4.69, 9.17) is 11.6 Å². The van der Waals surface area contributed by atoms with Gasteiger partial charge in [-0.15, -0.1) is 11.6 Å². The van der Waals surface area contributed by atoms with Gasteiger partial charge in [0.2, 0.25) is 17.7 Å². The highest BCUT2D eigenvalue weighted by Gasteiger charge is 2.52. The van der Waals surface area contributed by atoms with Crippen LogP contribution in [0.25, 0.3) is 0 Å². The molecular weight excluding hydrogens is 244 g/mol. The average molecular weight is 259 g/mol. The zero-order chi connectivity index (χ0) is 12.6. The Bertz CT molecular complexity index is 348. The highest BCUT2D eigenvalue weighted by Crippen LogP contribution is 2.33. The Labute approximate surface area is 105 Å². The van der Waals surface area contributed by atoms with Gasteiger partial charge in [0.1, 0.15) is 0 Å². The third-order valence-corrected chi connectivity index (χ3v) is 3.65. The number of amides is 3. The van der Waals surface area contributed by atoms with Crippen molar-refractivity contribution in [1.29, 1.82) is 0 Å². The molecule has 5 nitrogen and oxygen atoms in total. The minimum atomic E-state index is -0.332. The lowest BCUT2D eigenvalue weighted by atomic mass is 10.00. The predicted molar refractivity (Wildman–Crippen MR) is 61.3 cm³/mol. The van der Waals surface area contributed by atoms with Crippen LogP contribution in [0.1, 0.15) is 13.3 Å². The highest BCUT2D eigenvalue weighted by molar-refractivity contribution is 6.19. The van der Waals surface area contributed by atoms with Crippen LogP contribution in [-0.2, 0) is 14.4 Å². The predicted octanol–water partition coefficient (Wildman–Crippen LogP) is 0.0786. The van der Waals surface area contributed by atoms with Gasteiger partial charge in [0.25, 0.3) is 0 Å². The van der Waals surface area contributed by atoms with Crippen LogP contribution in [-0.4, -0.2) is 53.0 Å². The maximum atomic E-state index is 11.9. The van der Waals surface area contributed by atoms with Gasteiger partial charge in [-0.3, -0.25) is 19.3 Å². The van der Waals surface area contributed by atoms with E-state index in [1.807, 2.05) is 0 Å². The molecule has 2 saturated heterocycles. The topological polar surface area (TPSA) is 57.7 Å². The van der Waals surface area contributed by atoms with Crippen molar-refractivity contribution in [3.63, 3.8) is 0 Å². The maximum Gasteiger partial charge on any atom is 0.234 e. The molecule has 94 valence electrons. The lowest BCUT2D eigenvalue weighted by Crippen LogP contribution is -2.37. The van der Waals surface area contributed by atoms with E-state index in [9.17, 15) is 14.4 Å². The highest BCUT2D eigenvalue weighted by atomic mass is 35.5. The molecule has 0 spiro atoms. The molecule has 17 heavy (non-hydrogen) atoms. The number of likely N-dealkylation sites (tertiary alicyclic amines) is 2. The Kier molecular flexibility index (Phi) is 3.38. The standard InChI is InChI=1S/C11H15ClN2O3/c1-2-14-10(16)7-5-13(9(15)3-4-12)6-8(7)11(14)17/h7-8H,2-6H2,1H3/t7-,8-/m1/s1. The Morgan fingerprint density at radius 2 is 1.82 bits per heavy atom. The van der Waals surface area contributed by atoms with Crippen LogP contribution in [0.15, 0.2) is 0 Å². The van der Waals surface area contributed by atoms with Crippen LogP contribution < -0.4 is 0 Å². The second kappa shape index (κ2) is 4.64. The van der Waals surface area contributed by atoms with Crippen LogP contribution in [0.3, 0.4) is 0 Å². The Morgan fingerprint density at radius 1 is 1.29 bits per heavy atom. The summed E-state index contributed by atoms with van der Waals surface area (Å²) in [4.78, 5) is 38.3. The van der Waals surface area contributed by atoms with E-state index in [-0.39, 0.29) is 41.9 Å². The molecule has 0 N–H and O–H groups in total. The van der Waals surface area contributed by atoms with E-state index >= 15 is 0 Å². The largest absolute Gasteiger partial charge is 0.341 e. The minimum absolute atomic E-state index is 0.0713. The normalized spacial score (nSPS) is 27.9. The molecule has 2 atom stereocenters. The van der Waals surface area contributed by atoms with Crippen molar-refractivity contribution in [2.75, 3.05) is 25.5 Å². The van der Waals surface area contributed by atoms with E-state index in [0.29, 0.717) is 19.6 Å². The molecule has 0 bridgehead atoms. The van der Waals surface area contributed by atoms with Gasteiger partial charge in [0.05, 0.1) is 11.8 Å². The molecule has 0 aromatic carbocycles. The first kappa shape index (κ1) is 12.4. The maximum absolute atomic E-state index is 11.9. The fourth-order valence-electron chi connectivity index (χ4n) is 2.57. The van der Waals surface area contributed by atoms with Gasteiger partial charge < -0.3 is 4.90 Å². The first-order valence-electron chi connectivity index (χ1n) is 5.79. The Hall–Kier alpha value is -1.10. The molecule has 0 unspecified atom stereocenters. The van der Waals surface area contributed by atoms with Crippen molar-refractivity contribution in [2.45, 2.75) is 13.3 Å². The van der Waals surface area contributed by atoms with E-state index in [0.717, 1.165) is 0 Å². The number of carbonyl (C=O) groups excluding carboxylic acids is 3. The molecule has 0 saturated carbocycles. The second-order valence-corrected chi connectivity index (χ2v) is 4.75. The number of nitrogens with zero attached hydrogens (tertiary/aromatic N) is 2. The Morgan fingerprint density at radius 3 is 2.24 bits per heavy atom. The van der Waals surface area contributed by atoms with Gasteiger partial charge in [0, 0.05) is 31.9 Å². The van der Waals surface area contributed by atoms with Crippen molar-refractivity contribution >= 4 is 29.3 Å². The monoisotopic (exact) mass is 258 g/mol. The van der Waals surface area contributed by atoms with Crippen molar-refractivity contribution < 1.29 is 14.4 Å². The fraction of sp³-hybridized carbons (Fsp3) is 0.727. The number of alkyl halides is 1. The van der Waals surface area contributed by atoms with Crippen LogP contribution >= 0.6 is 11.6 Å². The molecule has 2 heterocycles. The van der Waals surface area contributed by atoms with Crippen molar-refractivity contribution in [3.8, 4) is 0 Å². The van der Waals surface area contributed by atoms with Crippen molar-refractivity contribution in [3.05, 3.63) is 0 Å². The van der Waals surface area contributed by atoms with Crippen LogP contribution in [0.5, 0.6) is 0 Å². The smallest absolute Gasteiger partial charge is 0.234 e. The number of halogens is 1. The molecule has 6 heteroatoms. The molecule has 2 fully saturated rings. The molecule has 2 aliphatic rings. The van der Waals surface area contributed by atoms with Gasteiger partial charge in [-0.25, -0.2) is 0 Å². The van der Waals surface area contributed by atoms with E-state index < -0.39 is 0 Å². The number of hydrogen-bond acceptors (Lipinski definition) is 3. The number of fused-ring (bicyclic) bond motifs is 1. The minimum Gasteiger partial charge on any atom is -0.341 e.